The van der Waals surface area contributed by atoms with Crippen LogP contribution in [0.25, 0.3) is 0 Å². The van der Waals surface area contributed by atoms with Gasteiger partial charge in [-0.25, -0.2) is 18.1 Å². The van der Waals surface area contributed by atoms with Crippen molar-refractivity contribution in [3.8, 4) is 0 Å². The molecule has 8 heteroatoms. The Morgan fingerprint density at radius 2 is 2.20 bits per heavy atom. The molecule has 0 unspecified atom stereocenters. The molecule has 2 N–H and O–H groups in total. The average molecular weight is 364 g/mol. The number of hydrogen-bond donors (Lipinski definition) is 2. The molecule has 0 aromatic carbocycles. The van der Waals surface area contributed by atoms with Gasteiger partial charge in [0.1, 0.15) is 10.7 Å². The molecule has 1 aliphatic carbocycles. The highest BCUT2D eigenvalue weighted by atomic mass is 79.9. The molecule has 1 aromatic rings. The fourth-order valence-electron chi connectivity index (χ4n) is 2.06. The van der Waals surface area contributed by atoms with Gasteiger partial charge in [0.05, 0.1) is 6.10 Å². The van der Waals surface area contributed by atoms with Gasteiger partial charge in [0, 0.05) is 30.4 Å². The van der Waals surface area contributed by atoms with E-state index in [-0.39, 0.29) is 17.0 Å². The third-order valence-corrected chi connectivity index (χ3v) is 5.17. The van der Waals surface area contributed by atoms with Crippen LogP contribution in [-0.4, -0.2) is 39.2 Å². The molecule has 0 radical (unpaired) electrons. The van der Waals surface area contributed by atoms with Gasteiger partial charge >= 0.3 is 0 Å². The van der Waals surface area contributed by atoms with Crippen molar-refractivity contribution in [2.24, 2.45) is 0 Å². The van der Waals surface area contributed by atoms with Crippen LogP contribution >= 0.6 is 15.9 Å². The maximum absolute atomic E-state index is 12.4. The molecule has 1 aromatic heterocycles. The summed E-state index contributed by atoms with van der Waals surface area (Å²) in [7, 11) is -1.95. The lowest BCUT2D eigenvalue weighted by Crippen LogP contribution is -2.47. The summed E-state index contributed by atoms with van der Waals surface area (Å²) in [6.07, 6.45) is 3.12. The number of ether oxygens (including phenoxy) is 1. The zero-order valence-electron chi connectivity index (χ0n) is 11.4. The average Bonchev–Trinajstić information content (AvgIpc) is 2.35. The predicted octanol–water partition coefficient (Wildman–Crippen LogP) is 1.73. The third-order valence-electron chi connectivity index (χ3n) is 3.20. The number of sulfonamides is 1. The first-order chi connectivity index (χ1) is 9.46. The van der Waals surface area contributed by atoms with Gasteiger partial charge in [0.25, 0.3) is 0 Å². The van der Waals surface area contributed by atoms with Gasteiger partial charge in [-0.05, 0) is 41.8 Å². The summed E-state index contributed by atoms with van der Waals surface area (Å²) in [4.78, 5) is 4.28. The number of hydrogen-bond acceptors (Lipinski definition) is 5. The Hall–Kier alpha value is -0.700. The van der Waals surface area contributed by atoms with Crippen LogP contribution < -0.4 is 10.0 Å². The van der Waals surface area contributed by atoms with Gasteiger partial charge in [-0.1, -0.05) is 0 Å². The van der Waals surface area contributed by atoms with Crippen LogP contribution in [0.1, 0.15) is 19.8 Å². The highest BCUT2D eigenvalue weighted by molar-refractivity contribution is 9.10. The van der Waals surface area contributed by atoms with Gasteiger partial charge in [0.15, 0.2) is 0 Å². The zero-order valence-corrected chi connectivity index (χ0v) is 13.8. The van der Waals surface area contributed by atoms with E-state index in [9.17, 15) is 8.42 Å². The summed E-state index contributed by atoms with van der Waals surface area (Å²) >= 11 is 3.26. The van der Waals surface area contributed by atoms with Crippen LogP contribution in [0.2, 0.25) is 0 Å². The Kier molecular flexibility index (Phi) is 5.00. The van der Waals surface area contributed by atoms with Crippen molar-refractivity contribution in [3.63, 3.8) is 0 Å². The first-order valence-corrected chi connectivity index (χ1v) is 8.68. The number of nitrogens with zero attached hydrogens (tertiary/aromatic N) is 1. The maximum atomic E-state index is 12.4. The molecule has 1 aliphatic rings. The molecule has 2 rings (SSSR count). The van der Waals surface area contributed by atoms with Crippen LogP contribution in [0.15, 0.2) is 21.6 Å². The summed E-state index contributed by atoms with van der Waals surface area (Å²) in [5.74, 6) is 0.366. The molecule has 1 fully saturated rings. The molecular formula is C12H18BrN3O3S. The van der Waals surface area contributed by atoms with E-state index in [0.717, 1.165) is 0 Å². The van der Waals surface area contributed by atoms with Crippen LogP contribution in [0.4, 0.5) is 5.82 Å². The minimum atomic E-state index is -3.59. The molecule has 0 atom stereocenters. The Balaban J connectivity index is 2.18. The number of halogens is 1. The van der Waals surface area contributed by atoms with Crippen LogP contribution in [0, 0.1) is 0 Å². The summed E-state index contributed by atoms with van der Waals surface area (Å²) in [6, 6.07) is 1.48. The molecule has 0 aliphatic heterocycles. The van der Waals surface area contributed by atoms with Gasteiger partial charge in [0.2, 0.25) is 10.0 Å². The predicted molar refractivity (Wildman–Crippen MR) is 80.2 cm³/mol. The Morgan fingerprint density at radius 1 is 1.50 bits per heavy atom. The number of aromatic nitrogens is 1. The molecule has 6 nitrogen and oxygen atoms in total. The normalized spacial score (nSPS) is 22.4. The van der Waals surface area contributed by atoms with E-state index in [2.05, 4.69) is 31.0 Å². The van der Waals surface area contributed by atoms with E-state index in [1.54, 1.807) is 19.4 Å². The standard InChI is InChI=1S/C12H18BrN3O3S/c1-3-14-12-11(4-8(13)7-15-12)20(17,18)16-9-5-10(6-9)19-2/h4,7,9-10,16H,3,5-6H2,1-2H3,(H,14,15). The number of nitrogens with one attached hydrogen (secondary N) is 2. The lowest BCUT2D eigenvalue weighted by atomic mass is 9.90. The topological polar surface area (TPSA) is 80.3 Å². The Labute approximate surface area is 127 Å². The summed E-state index contributed by atoms with van der Waals surface area (Å²) in [5, 5.41) is 2.96. The SMILES string of the molecule is CCNc1ncc(Br)cc1S(=O)(=O)NC1CC(OC)C1. The van der Waals surface area contributed by atoms with Crippen LogP contribution in [0.3, 0.4) is 0 Å². The molecular weight excluding hydrogens is 346 g/mol. The van der Waals surface area contributed by atoms with Gasteiger partial charge < -0.3 is 10.1 Å². The second kappa shape index (κ2) is 6.38. The zero-order chi connectivity index (χ0) is 14.8. The van der Waals surface area contributed by atoms with Crippen molar-refractivity contribution in [1.29, 1.82) is 0 Å². The Bertz CT molecular complexity index is 573. The highest BCUT2D eigenvalue weighted by Crippen LogP contribution is 2.27. The monoisotopic (exact) mass is 363 g/mol. The molecule has 1 heterocycles. The van der Waals surface area contributed by atoms with Gasteiger partial charge in [-0.3, -0.25) is 0 Å². The molecule has 1 saturated carbocycles. The van der Waals surface area contributed by atoms with Crippen LogP contribution in [0.5, 0.6) is 0 Å². The van der Waals surface area contributed by atoms with E-state index in [1.165, 1.54) is 0 Å². The van der Waals surface area contributed by atoms with Crippen LogP contribution in [-0.2, 0) is 14.8 Å². The number of rotatable bonds is 6. The lowest BCUT2D eigenvalue weighted by Gasteiger charge is -2.34. The van der Waals surface area contributed by atoms with E-state index < -0.39 is 10.0 Å². The number of methoxy groups -OCH3 is 1. The van der Waals surface area contributed by atoms with Crippen molar-refractivity contribution < 1.29 is 13.2 Å². The molecule has 0 spiro atoms. The van der Waals surface area contributed by atoms with E-state index in [4.69, 9.17) is 4.74 Å². The van der Waals surface area contributed by atoms with Crippen molar-refractivity contribution >= 4 is 31.8 Å². The van der Waals surface area contributed by atoms with Gasteiger partial charge in [-0.15, -0.1) is 0 Å². The van der Waals surface area contributed by atoms with E-state index >= 15 is 0 Å². The minimum Gasteiger partial charge on any atom is -0.381 e. The summed E-state index contributed by atoms with van der Waals surface area (Å²) < 4.78 is 33.3. The molecule has 0 saturated heterocycles. The highest BCUT2D eigenvalue weighted by Gasteiger charge is 2.33. The van der Waals surface area contributed by atoms with Gasteiger partial charge in [-0.2, -0.15) is 0 Å². The maximum Gasteiger partial charge on any atom is 0.244 e. The fraction of sp³-hybridized carbons (Fsp3) is 0.583. The molecule has 112 valence electrons. The third kappa shape index (κ3) is 3.49. The molecule has 0 amide bonds. The summed E-state index contributed by atoms with van der Waals surface area (Å²) in [6.45, 7) is 2.50. The summed E-state index contributed by atoms with van der Waals surface area (Å²) in [5.41, 5.74) is 0. The quantitative estimate of drug-likeness (QED) is 0.804. The minimum absolute atomic E-state index is 0.0709. The number of pyridine rings is 1. The van der Waals surface area contributed by atoms with Crippen molar-refractivity contribution in [1.82, 2.24) is 9.71 Å². The Morgan fingerprint density at radius 3 is 2.80 bits per heavy atom. The van der Waals surface area contributed by atoms with Crippen molar-refractivity contribution in [2.45, 2.75) is 36.8 Å². The second-order valence-electron chi connectivity index (χ2n) is 4.68. The molecule has 0 bridgehead atoms. The fourth-order valence-corrected chi connectivity index (χ4v) is 3.97. The van der Waals surface area contributed by atoms with E-state index in [0.29, 0.717) is 29.7 Å². The van der Waals surface area contributed by atoms with Crippen molar-refractivity contribution in [2.75, 3.05) is 19.0 Å². The largest absolute Gasteiger partial charge is 0.381 e. The smallest absolute Gasteiger partial charge is 0.244 e. The first-order valence-electron chi connectivity index (χ1n) is 6.40. The first kappa shape index (κ1) is 15.7. The van der Waals surface area contributed by atoms with E-state index in [1.807, 2.05) is 6.92 Å². The number of anilines is 1. The lowest BCUT2D eigenvalue weighted by molar-refractivity contribution is 0.0236. The molecule has 20 heavy (non-hydrogen) atoms. The van der Waals surface area contributed by atoms with Crippen molar-refractivity contribution in [3.05, 3.63) is 16.7 Å². The second-order valence-corrected chi connectivity index (χ2v) is 7.28.